The third-order valence-corrected chi connectivity index (χ3v) is 15.2. The highest BCUT2D eigenvalue weighted by Crippen LogP contribution is 2.54. The minimum atomic E-state index is 0.676. The fourth-order valence-electron chi connectivity index (χ4n) is 10.9. The number of hydrogen-bond acceptors (Lipinski definition) is 7. The molecule has 3 heterocycles. The Morgan fingerprint density at radius 2 is 1.03 bits per heavy atom. The second-order valence-electron chi connectivity index (χ2n) is 17.9. The molecule has 3 aromatic heterocycles. The van der Waals surface area contributed by atoms with Gasteiger partial charge in [0.25, 0.3) is 0 Å². The van der Waals surface area contributed by atoms with Gasteiger partial charge in [-0.2, -0.15) is 0 Å². The van der Waals surface area contributed by atoms with E-state index < -0.39 is 0 Å². The first-order valence-corrected chi connectivity index (χ1v) is 24.4. The first-order chi connectivity index (χ1) is 34.6. The fraction of sp³-hybridized carbons (Fsp3) is 0.0476. The molecule has 0 N–H and O–H groups in total. The number of nitrogens with zero attached hydrogens (tertiary/aromatic N) is 6. The van der Waals surface area contributed by atoms with Gasteiger partial charge >= 0.3 is 0 Å². The van der Waals surface area contributed by atoms with Gasteiger partial charge in [-0.15, -0.1) is 31.7 Å². The molecular formula is C63H42N6S. The number of aromatic nitrogens is 6. The summed E-state index contributed by atoms with van der Waals surface area (Å²) >= 11 is 1.83. The molecule has 330 valence electrons. The second kappa shape index (κ2) is 17.1. The van der Waals surface area contributed by atoms with Gasteiger partial charge in [0.1, 0.15) is 11.4 Å². The SMILES string of the molecule is Cc1cc2c(c(-c3ccc4sc5ccccc5c4c3-c3cccc(-c4nnnc(-c5ccccc5)c4-c4ccccc4-c4ccccc4-c4ccccc4)c3-c3ccnnn3)c1C)Cc1ccccc1-2. The van der Waals surface area contributed by atoms with Crippen molar-refractivity contribution in [3.05, 3.63) is 229 Å². The Hall–Kier alpha value is -8.78. The van der Waals surface area contributed by atoms with E-state index in [0.717, 1.165) is 73.3 Å². The molecule has 0 spiro atoms. The summed E-state index contributed by atoms with van der Waals surface area (Å²) in [7, 11) is 0. The van der Waals surface area contributed by atoms with E-state index in [1.807, 2.05) is 35.6 Å². The van der Waals surface area contributed by atoms with E-state index in [0.29, 0.717) is 11.4 Å². The van der Waals surface area contributed by atoms with Gasteiger partial charge in [-0.1, -0.05) is 182 Å². The quantitative estimate of drug-likeness (QED) is 0.151. The van der Waals surface area contributed by atoms with Crippen LogP contribution in [0.5, 0.6) is 0 Å². The van der Waals surface area contributed by atoms with E-state index in [1.165, 1.54) is 64.7 Å². The van der Waals surface area contributed by atoms with Gasteiger partial charge in [0, 0.05) is 42.4 Å². The summed E-state index contributed by atoms with van der Waals surface area (Å²) in [6.45, 7) is 4.54. The van der Waals surface area contributed by atoms with E-state index in [9.17, 15) is 0 Å². The van der Waals surface area contributed by atoms with Crippen molar-refractivity contribution in [1.82, 2.24) is 30.8 Å². The number of aryl methyl sites for hydroxylation is 1. The van der Waals surface area contributed by atoms with Gasteiger partial charge in [0.05, 0.1) is 11.9 Å². The molecule has 0 atom stereocenters. The van der Waals surface area contributed by atoms with Crippen molar-refractivity contribution in [2.24, 2.45) is 0 Å². The van der Waals surface area contributed by atoms with E-state index in [-0.39, 0.29) is 0 Å². The van der Waals surface area contributed by atoms with Gasteiger partial charge < -0.3 is 0 Å². The summed E-state index contributed by atoms with van der Waals surface area (Å²) in [5, 5.41) is 30.4. The lowest BCUT2D eigenvalue weighted by molar-refractivity contribution is 0.869. The zero-order valence-electron chi connectivity index (χ0n) is 38.4. The maximum absolute atomic E-state index is 5.10. The first-order valence-electron chi connectivity index (χ1n) is 23.6. The summed E-state index contributed by atoms with van der Waals surface area (Å²) in [6.07, 6.45) is 2.58. The van der Waals surface area contributed by atoms with Crippen molar-refractivity contribution < 1.29 is 0 Å². The van der Waals surface area contributed by atoms with E-state index in [4.69, 9.17) is 15.3 Å². The number of rotatable bonds is 8. The lowest BCUT2D eigenvalue weighted by Gasteiger charge is -2.23. The average Bonchev–Trinajstić information content (AvgIpc) is 3.99. The molecular weight excluding hydrogens is 873 g/mol. The zero-order valence-corrected chi connectivity index (χ0v) is 39.2. The largest absolute Gasteiger partial charge is 0.139 e. The van der Waals surface area contributed by atoms with Crippen molar-refractivity contribution in [3.8, 4) is 101 Å². The number of benzene rings is 9. The van der Waals surface area contributed by atoms with Gasteiger partial charge in [0.2, 0.25) is 0 Å². The van der Waals surface area contributed by atoms with Crippen LogP contribution in [0, 0.1) is 13.8 Å². The Labute approximate surface area is 409 Å². The van der Waals surface area contributed by atoms with Crippen LogP contribution in [-0.4, -0.2) is 30.8 Å². The van der Waals surface area contributed by atoms with Crippen LogP contribution in [0.1, 0.15) is 22.3 Å². The molecule has 1 aliphatic rings. The molecule has 13 rings (SSSR count). The van der Waals surface area contributed by atoms with Gasteiger partial charge in [0.15, 0.2) is 0 Å². The minimum Gasteiger partial charge on any atom is -0.139 e. The van der Waals surface area contributed by atoms with E-state index in [1.54, 1.807) is 6.20 Å². The number of thiophene rings is 1. The van der Waals surface area contributed by atoms with Crippen LogP contribution < -0.4 is 0 Å². The Bertz CT molecular complexity index is 4000. The summed E-state index contributed by atoms with van der Waals surface area (Å²) in [5.41, 5.74) is 23.5. The standard InChI is InChI=1S/C63H42N6S/c1-38-36-52-44-24-10-9-22-42(44)37-53(52)57(39(38)2)50-32-33-56-60(48-28-15-16-31-55(48)70-56)59(50)49-29-17-30-51(58(49)54-34-35-64-68-65-54)63-61(62(66-69-67-63)41-20-7-4-8-21-41)47-27-14-13-26-46(47)45-25-12-11-23-43(45)40-18-5-3-6-19-40/h3-36H,37H2,1-2H3. The predicted molar refractivity (Wildman–Crippen MR) is 287 cm³/mol. The molecule has 12 aromatic rings. The molecule has 0 amide bonds. The topological polar surface area (TPSA) is 77.3 Å². The normalized spacial score (nSPS) is 11.8. The van der Waals surface area contributed by atoms with E-state index >= 15 is 0 Å². The molecule has 7 heteroatoms. The van der Waals surface area contributed by atoms with Crippen LogP contribution in [0.2, 0.25) is 0 Å². The molecule has 9 aromatic carbocycles. The molecule has 70 heavy (non-hydrogen) atoms. The number of hydrogen-bond donors (Lipinski definition) is 0. The molecule has 0 aliphatic heterocycles. The maximum Gasteiger partial charge on any atom is 0.105 e. The first kappa shape index (κ1) is 41.4. The molecule has 0 radical (unpaired) electrons. The van der Waals surface area contributed by atoms with Crippen molar-refractivity contribution in [1.29, 1.82) is 0 Å². The minimum absolute atomic E-state index is 0.676. The molecule has 1 aliphatic carbocycles. The zero-order chi connectivity index (χ0) is 46.7. The average molecular weight is 915 g/mol. The molecule has 0 saturated heterocycles. The lowest BCUT2D eigenvalue weighted by Crippen LogP contribution is -2.04. The second-order valence-corrected chi connectivity index (χ2v) is 19.0. The summed E-state index contributed by atoms with van der Waals surface area (Å²) in [4.78, 5) is 0. The predicted octanol–water partition coefficient (Wildman–Crippen LogP) is 15.9. The van der Waals surface area contributed by atoms with Gasteiger partial charge in [-0.25, -0.2) is 0 Å². The highest BCUT2D eigenvalue weighted by atomic mass is 32.1. The van der Waals surface area contributed by atoms with Crippen molar-refractivity contribution in [2.45, 2.75) is 20.3 Å². The Morgan fingerprint density at radius 3 is 1.81 bits per heavy atom. The van der Waals surface area contributed by atoms with Crippen molar-refractivity contribution in [2.75, 3.05) is 0 Å². The lowest BCUT2D eigenvalue weighted by atomic mass is 9.80. The van der Waals surface area contributed by atoms with Crippen LogP contribution in [0.15, 0.2) is 206 Å². The molecule has 0 saturated carbocycles. The number of fused-ring (bicyclic) bond motifs is 6. The van der Waals surface area contributed by atoms with Gasteiger partial charge in [-0.05, 0) is 132 Å². The summed E-state index contributed by atoms with van der Waals surface area (Å²) in [6, 6.07) is 71.4. The molecule has 6 nitrogen and oxygen atoms in total. The monoisotopic (exact) mass is 914 g/mol. The third kappa shape index (κ3) is 6.77. The molecule has 0 bridgehead atoms. The van der Waals surface area contributed by atoms with Crippen LogP contribution in [0.4, 0.5) is 0 Å². The Balaban J connectivity index is 1.15. The van der Waals surface area contributed by atoms with Crippen molar-refractivity contribution in [3.63, 3.8) is 0 Å². The highest BCUT2D eigenvalue weighted by molar-refractivity contribution is 7.26. The van der Waals surface area contributed by atoms with Crippen LogP contribution in [0.3, 0.4) is 0 Å². The maximum atomic E-state index is 5.10. The smallest absolute Gasteiger partial charge is 0.105 e. The molecule has 0 unspecified atom stereocenters. The Morgan fingerprint density at radius 1 is 0.400 bits per heavy atom. The van der Waals surface area contributed by atoms with Gasteiger partial charge in [-0.3, -0.25) is 0 Å². The summed E-state index contributed by atoms with van der Waals surface area (Å²) < 4.78 is 2.45. The van der Waals surface area contributed by atoms with Crippen molar-refractivity contribution >= 4 is 31.5 Å². The Kier molecular flexibility index (Phi) is 10.1. The van der Waals surface area contributed by atoms with Crippen LogP contribution in [-0.2, 0) is 6.42 Å². The fourth-order valence-corrected chi connectivity index (χ4v) is 12.0. The molecule has 0 fully saturated rings. The van der Waals surface area contributed by atoms with Crippen LogP contribution >= 0.6 is 11.3 Å². The highest BCUT2D eigenvalue weighted by Gasteiger charge is 2.30. The van der Waals surface area contributed by atoms with E-state index in [2.05, 4.69) is 205 Å². The summed E-state index contributed by atoms with van der Waals surface area (Å²) in [5.74, 6) is 0. The third-order valence-electron chi connectivity index (χ3n) is 14.1. The van der Waals surface area contributed by atoms with Crippen LogP contribution in [0.25, 0.3) is 121 Å².